The van der Waals surface area contributed by atoms with E-state index in [9.17, 15) is 13.2 Å². The summed E-state index contributed by atoms with van der Waals surface area (Å²) in [6.07, 6.45) is 0. The lowest BCUT2D eigenvalue weighted by Gasteiger charge is -2.29. The number of esters is 1. The molecule has 0 aromatic heterocycles. The highest BCUT2D eigenvalue weighted by Crippen LogP contribution is 2.34. The van der Waals surface area contributed by atoms with Gasteiger partial charge in [-0.2, -0.15) is 0 Å². The maximum Gasteiger partial charge on any atom is 0.331 e. The predicted octanol–water partition coefficient (Wildman–Crippen LogP) is 2.29. The van der Waals surface area contributed by atoms with E-state index >= 15 is 0 Å². The number of carbonyl (C=O) groups excluding carboxylic acids is 1. The Morgan fingerprint density at radius 3 is 2.21 bits per heavy atom. The molecule has 1 unspecified atom stereocenters. The van der Waals surface area contributed by atoms with Crippen molar-refractivity contribution in [2.45, 2.75) is 37.7 Å². The second-order valence-corrected chi connectivity index (χ2v) is 7.56. The molecule has 0 heterocycles. The highest BCUT2D eigenvalue weighted by Gasteiger charge is 2.50. The van der Waals surface area contributed by atoms with Crippen LogP contribution in [0.5, 0.6) is 0 Å². The van der Waals surface area contributed by atoms with Crippen LogP contribution in [-0.2, 0) is 24.1 Å². The van der Waals surface area contributed by atoms with Crippen molar-refractivity contribution in [2.24, 2.45) is 0 Å². The number of carbonyl (C=O) groups is 1. The Hall–Kier alpha value is -1.36. The molecular weight excluding hydrogens is 264 g/mol. The molecule has 0 bridgehead atoms. The van der Waals surface area contributed by atoms with Crippen LogP contribution < -0.4 is 0 Å². The third kappa shape index (κ3) is 2.66. The number of hydrogen-bond donors (Lipinski definition) is 0. The van der Waals surface area contributed by atoms with Gasteiger partial charge in [0.05, 0.1) is 11.9 Å². The van der Waals surface area contributed by atoms with Gasteiger partial charge in [-0.15, -0.1) is 0 Å². The summed E-state index contributed by atoms with van der Waals surface area (Å²) in [6.45, 7) is 6.35. The van der Waals surface area contributed by atoms with E-state index in [0.29, 0.717) is 5.56 Å². The highest BCUT2D eigenvalue weighted by atomic mass is 32.2. The number of sulfone groups is 1. The third-order valence-electron chi connectivity index (χ3n) is 3.18. The standard InChI is InChI=1S/C14H20O4S/c1-5-18-13(15)14(4,19(16,17)11(2)3)12-9-7-6-8-10-12/h6-11H,5H2,1-4H3. The molecule has 0 N–H and O–H groups in total. The summed E-state index contributed by atoms with van der Waals surface area (Å²) in [5.41, 5.74) is 0.433. The Labute approximate surface area is 114 Å². The fourth-order valence-electron chi connectivity index (χ4n) is 1.89. The minimum Gasteiger partial charge on any atom is -0.465 e. The lowest BCUT2D eigenvalue weighted by molar-refractivity contribution is -0.146. The van der Waals surface area contributed by atoms with Gasteiger partial charge in [0.1, 0.15) is 0 Å². The van der Waals surface area contributed by atoms with Crippen molar-refractivity contribution in [3.05, 3.63) is 35.9 Å². The van der Waals surface area contributed by atoms with E-state index in [1.54, 1.807) is 51.1 Å². The van der Waals surface area contributed by atoms with Gasteiger partial charge in [-0.3, -0.25) is 0 Å². The van der Waals surface area contributed by atoms with E-state index in [1.807, 2.05) is 0 Å². The van der Waals surface area contributed by atoms with Crippen LogP contribution in [-0.4, -0.2) is 26.2 Å². The van der Waals surface area contributed by atoms with Gasteiger partial charge in [0, 0.05) is 0 Å². The SMILES string of the molecule is CCOC(=O)C(C)(c1ccccc1)S(=O)(=O)C(C)C. The van der Waals surface area contributed by atoms with Crippen LogP contribution in [0, 0.1) is 0 Å². The largest absolute Gasteiger partial charge is 0.465 e. The third-order valence-corrected chi connectivity index (χ3v) is 5.96. The maximum absolute atomic E-state index is 12.6. The minimum absolute atomic E-state index is 0.148. The Bertz CT molecular complexity index is 534. The molecule has 1 rings (SSSR count). The van der Waals surface area contributed by atoms with E-state index in [0.717, 1.165) is 0 Å². The van der Waals surface area contributed by atoms with Crippen molar-refractivity contribution in [2.75, 3.05) is 6.61 Å². The zero-order valence-corrected chi connectivity index (χ0v) is 12.5. The fraction of sp³-hybridized carbons (Fsp3) is 0.500. The van der Waals surface area contributed by atoms with Gasteiger partial charge in [-0.1, -0.05) is 30.3 Å². The van der Waals surface area contributed by atoms with Crippen molar-refractivity contribution in [1.82, 2.24) is 0 Å². The van der Waals surface area contributed by atoms with Gasteiger partial charge in [0.25, 0.3) is 0 Å². The van der Waals surface area contributed by atoms with Crippen LogP contribution in [0.2, 0.25) is 0 Å². The first kappa shape index (κ1) is 15.7. The monoisotopic (exact) mass is 284 g/mol. The molecule has 0 aliphatic carbocycles. The van der Waals surface area contributed by atoms with Crippen molar-refractivity contribution in [3.8, 4) is 0 Å². The molecule has 19 heavy (non-hydrogen) atoms. The molecule has 0 aliphatic heterocycles. The zero-order valence-electron chi connectivity index (χ0n) is 11.7. The molecule has 1 aromatic rings. The summed E-state index contributed by atoms with van der Waals surface area (Å²) in [7, 11) is -3.69. The first-order chi connectivity index (χ1) is 8.78. The van der Waals surface area contributed by atoms with Gasteiger partial charge < -0.3 is 4.74 Å². The van der Waals surface area contributed by atoms with Gasteiger partial charge in [-0.05, 0) is 33.3 Å². The molecular formula is C14H20O4S. The van der Waals surface area contributed by atoms with Crippen LogP contribution in [0.25, 0.3) is 0 Å². The maximum atomic E-state index is 12.6. The normalized spacial score (nSPS) is 15.0. The van der Waals surface area contributed by atoms with Gasteiger partial charge in [0.15, 0.2) is 14.6 Å². The second kappa shape index (κ2) is 5.74. The Balaban J connectivity index is 3.48. The van der Waals surface area contributed by atoms with Crippen LogP contribution >= 0.6 is 0 Å². The van der Waals surface area contributed by atoms with Crippen LogP contribution in [0.1, 0.15) is 33.3 Å². The highest BCUT2D eigenvalue weighted by molar-refractivity contribution is 7.93. The molecule has 1 aromatic carbocycles. The van der Waals surface area contributed by atoms with Crippen molar-refractivity contribution >= 4 is 15.8 Å². The van der Waals surface area contributed by atoms with Crippen LogP contribution in [0.3, 0.4) is 0 Å². The quantitative estimate of drug-likeness (QED) is 0.778. The van der Waals surface area contributed by atoms with Gasteiger partial charge in [0.2, 0.25) is 0 Å². The summed E-state index contributed by atoms with van der Waals surface area (Å²) in [6, 6.07) is 8.47. The average Bonchev–Trinajstić information content (AvgIpc) is 2.38. The molecule has 1 atom stereocenters. The molecule has 0 amide bonds. The number of hydrogen-bond acceptors (Lipinski definition) is 4. The molecule has 0 saturated heterocycles. The first-order valence-electron chi connectivity index (χ1n) is 6.24. The summed E-state index contributed by atoms with van der Waals surface area (Å²) in [5, 5.41) is -0.665. The molecule has 0 aliphatic rings. The first-order valence-corrected chi connectivity index (χ1v) is 7.79. The molecule has 5 heteroatoms. The van der Waals surface area contributed by atoms with E-state index < -0.39 is 25.8 Å². The molecule has 4 nitrogen and oxygen atoms in total. The zero-order chi connectivity index (χ0) is 14.7. The lowest BCUT2D eigenvalue weighted by Crippen LogP contribution is -2.45. The number of benzene rings is 1. The number of ether oxygens (including phenoxy) is 1. The Kier molecular flexibility index (Phi) is 4.74. The van der Waals surface area contributed by atoms with Crippen LogP contribution in [0.15, 0.2) is 30.3 Å². The smallest absolute Gasteiger partial charge is 0.331 e. The molecule has 0 saturated carbocycles. The summed E-state index contributed by atoms with van der Waals surface area (Å²) in [5.74, 6) is -0.727. The Morgan fingerprint density at radius 1 is 1.26 bits per heavy atom. The van der Waals surface area contributed by atoms with E-state index in [-0.39, 0.29) is 6.61 Å². The van der Waals surface area contributed by atoms with Crippen molar-refractivity contribution in [3.63, 3.8) is 0 Å². The molecule has 0 fully saturated rings. The summed E-state index contributed by atoms with van der Waals surface area (Å²) >= 11 is 0. The van der Waals surface area contributed by atoms with E-state index in [4.69, 9.17) is 4.74 Å². The predicted molar refractivity (Wildman–Crippen MR) is 74.5 cm³/mol. The summed E-state index contributed by atoms with van der Waals surface area (Å²) < 4.78 is 28.4. The number of rotatable bonds is 5. The van der Waals surface area contributed by atoms with E-state index in [2.05, 4.69) is 0 Å². The minimum atomic E-state index is -3.69. The second-order valence-electron chi connectivity index (χ2n) is 4.71. The topological polar surface area (TPSA) is 60.4 Å². The Morgan fingerprint density at radius 2 is 1.79 bits per heavy atom. The summed E-state index contributed by atoms with van der Waals surface area (Å²) in [4.78, 5) is 12.2. The van der Waals surface area contributed by atoms with Gasteiger partial charge in [-0.25, -0.2) is 13.2 Å². The van der Waals surface area contributed by atoms with Gasteiger partial charge >= 0.3 is 5.97 Å². The molecule has 106 valence electrons. The van der Waals surface area contributed by atoms with Crippen molar-refractivity contribution < 1.29 is 17.9 Å². The molecule has 0 spiro atoms. The average molecular weight is 284 g/mol. The molecule has 0 radical (unpaired) electrons. The fourth-order valence-corrected chi connectivity index (χ4v) is 3.59. The van der Waals surface area contributed by atoms with Crippen LogP contribution in [0.4, 0.5) is 0 Å². The lowest BCUT2D eigenvalue weighted by atomic mass is 10.0. The van der Waals surface area contributed by atoms with Crippen molar-refractivity contribution in [1.29, 1.82) is 0 Å². The van der Waals surface area contributed by atoms with E-state index in [1.165, 1.54) is 6.92 Å².